The molecule has 0 aliphatic carbocycles. The zero-order valence-electron chi connectivity index (χ0n) is 18.4. The van der Waals surface area contributed by atoms with E-state index in [9.17, 15) is 18.0 Å². The zero-order chi connectivity index (χ0) is 24.1. The third kappa shape index (κ3) is 5.28. The van der Waals surface area contributed by atoms with Gasteiger partial charge in [-0.2, -0.15) is 5.10 Å². The minimum Gasteiger partial charge on any atom is -0.497 e. The van der Waals surface area contributed by atoms with Crippen molar-refractivity contribution in [3.8, 4) is 22.7 Å². The first kappa shape index (κ1) is 23.1. The predicted octanol–water partition coefficient (Wildman–Crippen LogP) is 5.21. The molecule has 0 radical (unpaired) electrons. The van der Waals surface area contributed by atoms with Gasteiger partial charge in [-0.15, -0.1) is 0 Å². The molecule has 0 bridgehead atoms. The van der Waals surface area contributed by atoms with Crippen LogP contribution in [0.25, 0.3) is 16.9 Å². The van der Waals surface area contributed by atoms with Gasteiger partial charge in [0.15, 0.2) is 11.6 Å². The number of nitrogens with one attached hydrogen (secondary N) is 1. The molecule has 0 spiro atoms. The quantitative estimate of drug-likeness (QED) is 0.389. The molecule has 8 heteroatoms. The molecule has 0 saturated carbocycles. The molecule has 0 aliphatic heterocycles. The van der Waals surface area contributed by atoms with E-state index in [0.29, 0.717) is 29.1 Å². The van der Waals surface area contributed by atoms with Crippen molar-refractivity contribution in [1.82, 2.24) is 15.1 Å². The van der Waals surface area contributed by atoms with Crippen molar-refractivity contribution in [3.63, 3.8) is 0 Å². The molecular formula is C26H22F3N3O2. The number of hydrogen-bond acceptors (Lipinski definition) is 3. The normalized spacial score (nSPS) is 10.8. The van der Waals surface area contributed by atoms with Gasteiger partial charge < -0.3 is 10.1 Å². The number of hydrogen-bond donors (Lipinski definition) is 1. The summed E-state index contributed by atoms with van der Waals surface area (Å²) in [6, 6.07) is 19.1. The molecule has 4 aromatic rings. The van der Waals surface area contributed by atoms with Gasteiger partial charge in [-0.3, -0.25) is 4.79 Å². The number of methoxy groups -OCH3 is 1. The van der Waals surface area contributed by atoms with Crippen molar-refractivity contribution in [3.05, 3.63) is 102 Å². The van der Waals surface area contributed by atoms with Crippen LogP contribution < -0.4 is 10.1 Å². The van der Waals surface area contributed by atoms with Gasteiger partial charge in [0.2, 0.25) is 5.91 Å². The van der Waals surface area contributed by atoms with E-state index in [1.54, 1.807) is 42.1 Å². The lowest BCUT2D eigenvalue weighted by Gasteiger charge is -2.08. The lowest BCUT2D eigenvalue weighted by atomic mass is 10.1. The van der Waals surface area contributed by atoms with Gasteiger partial charge in [0.05, 0.1) is 24.2 Å². The number of carbonyl (C=O) groups is 1. The number of amides is 1. The molecule has 174 valence electrons. The van der Waals surface area contributed by atoms with Crippen LogP contribution in [0.2, 0.25) is 0 Å². The van der Waals surface area contributed by atoms with Crippen LogP contribution in [-0.4, -0.2) is 22.8 Å². The van der Waals surface area contributed by atoms with Crippen LogP contribution in [0.3, 0.4) is 0 Å². The van der Waals surface area contributed by atoms with Crippen molar-refractivity contribution < 1.29 is 22.7 Å². The highest BCUT2D eigenvalue weighted by molar-refractivity contribution is 5.76. The Balaban J connectivity index is 1.51. The van der Waals surface area contributed by atoms with E-state index in [-0.39, 0.29) is 30.3 Å². The fourth-order valence-corrected chi connectivity index (χ4v) is 3.53. The SMILES string of the molecule is COc1ccc(-n2nc(CCC(=O)NCc3cccc(F)c3F)cc2-c2cccc(F)c2)cc1. The smallest absolute Gasteiger partial charge is 0.220 e. The number of carbonyl (C=O) groups excluding carboxylic acids is 1. The first-order valence-electron chi connectivity index (χ1n) is 10.6. The summed E-state index contributed by atoms with van der Waals surface area (Å²) in [6.07, 6.45) is 0.405. The molecule has 1 heterocycles. The van der Waals surface area contributed by atoms with Gasteiger partial charge >= 0.3 is 0 Å². The van der Waals surface area contributed by atoms with E-state index in [1.807, 2.05) is 12.1 Å². The molecule has 0 fully saturated rings. The van der Waals surface area contributed by atoms with Crippen LogP contribution in [0, 0.1) is 17.5 Å². The van der Waals surface area contributed by atoms with Crippen molar-refractivity contribution in [2.24, 2.45) is 0 Å². The summed E-state index contributed by atoms with van der Waals surface area (Å²) in [5.41, 5.74) is 2.76. The first-order valence-corrected chi connectivity index (χ1v) is 10.6. The van der Waals surface area contributed by atoms with E-state index in [1.165, 1.54) is 24.3 Å². The van der Waals surface area contributed by atoms with Crippen molar-refractivity contribution >= 4 is 5.91 Å². The molecule has 1 aromatic heterocycles. The van der Waals surface area contributed by atoms with Crippen molar-refractivity contribution in [2.45, 2.75) is 19.4 Å². The minimum atomic E-state index is -0.972. The van der Waals surface area contributed by atoms with E-state index in [4.69, 9.17) is 4.74 Å². The second kappa shape index (κ2) is 10.2. The molecule has 1 amide bonds. The van der Waals surface area contributed by atoms with Crippen LogP contribution >= 0.6 is 0 Å². The molecule has 0 aliphatic rings. The molecule has 5 nitrogen and oxygen atoms in total. The minimum absolute atomic E-state index is 0.0746. The van der Waals surface area contributed by atoms with E-state index >= 15 is 0 Å². The Hall–Kier alpha value is -4.07. The highest BCUT2D eigenvalue weighted by atomic mass is 19.2. The summed E-state index contributed by atoms with van der Waals surface area (Å²) < 4.78 is 47.9. The third-order valence-corrected chi connectivity index (χ3v) is 5.31. The molecular weight excluding hydrogens is 443 g/mol. The van der Waals surface area contributed by atoms with E-state index < -0.39 is 11.6 Å². The van der Waals surface area contributed by atoms with Gasteiger partial charge in [-0.25, -0.2) is 17.9 Å². The number of rotatable bonds is 8. The fraction of sp³-hybridized carbons (Fsp3) is 0.154. The summed E-state index contributed by atoms with van der Waals surface area (Å²) in [4.78, 5) is 12.3. The molecule has 0 atom stereocenters. The van der Waals surface area contributed by atoms with Crippen LogP contribution in [-0.2, 0) is 17.8 Å². The van der Waals surface area contributed by atoms with E-state index in [2.05, 4.69) is 10.4 Å². The average Bonchev–Trinajstić information content (AvgIpc) is 3.28. The summed E-state index contributed by atoms with van der Waals surface area (Å²) in [7, 11) is 1.58. The maximum atomic E-state index is 13.9. The number of aromatic nitrogens is 2. The Morgan fingerprint density at radius 1 is 1.00 bits per heavy atom. The standard InChI is InChI=1S/C26H22F3N3O2/c1-34-22-11-9-21(10-12-22)32-24(17-4-2-6-19(27)14-17)15-20(31-32)8-13-25(33)30-16-18-5-3-7-23(28)26(18)29/h2-7,9-12,14-15H,8,13,16H2,1H3,(H,30,33). The molecule has 0 unspecified atom stereocenters. The highest BCUT2D eigenvalue weighted by Crippen LogP contribution is 2.26. The maximum absolute atomic E-state index is 13.9. The van der Waals surface area contributed by atoms with Crippen LogP contribution in [0.4, 0.5) is 13.2 Å². The number of halogens is 3. The van der Waals surface area contributed by atoms with Gasteiger partial charge in [-0.05, 0) is 48.5 Å². The van der Waals surface area contributed by atoms with Gasteiger partial charge in [0, 0.05) is 30.5 Å². The number of benzene rings is 3. The van der Waals surface area contributed by atoms with Gasteiger partial charge in [0.25, 0.3) is 0 Å². The summed E-state index contributed by atoms with van der Waals surface area (Å²) in [5, 5.41) is 7.22. The monoisotopic (exact) mass is 465 g/mol. The Morgan fingerprint density at radius 2 is 1.76 bits per heavy atom. The molecule has 1 N–H and O–H groups in total. The zero-order valence-corrected chi connectivity index (χ0v) is 18.4. The number of nitrogens with zero attached hydrogens (tertiary/aromatic N) is 2. The van der Waals surface area contributed by atoms with Gasteiger partial charge in [-0.1, -0.05) is 24.3 Å². The van der Waals surface area contributed by atoms with Crippen LogP contribution in [0.5, 0.6) is 5.75 Å². The molecule has 4 rings (SSSR count). The summed E-state index contributed by atoms with van der Waals surface area (Å²) in [5.74, 6) is -1.93. The predicted molar refractivity (Wildman–Crippen MR) is 122 cm³/mol. The summed E-state index contributed by atoms with van der Waals surface area (Å²) in [6.45, 7) is -0.114. The Labute approximate surface area is 194 Å². The Kier molecular flexibility index (Phi) is 6.96. The second-order valence-corrected chi connectivity index (χ2v) is 7.63. The number of aryl methyl sites for hydroxylation is 1. The lowest BCUT2D eigenvalue weighted by molar-refractivity contribution is -0.121. The Morgan fingerprint density at radius 3 is 2.50 bits per heavy atom. The Bertz CT molecular complexity index is 1300. The number of ether oxygens (including phenoxy) is 1. The second-order valence-electron chi connectivity index (χ2n) is 7.63. The van der Waals surface area contributed by atoms with Crippen molar-refractivity contribution in [2.75, 3.05) is 7.11 Å². The summed E-state index contributed by atoms with van der Waals surface area (Å²) >= 11 is 0. The molecule has 3 aromatic carbocycles. The molecule has 34 heavy (non-hydrogen) atoms. The lowest BCUT2D eigenvalue weighted by Crippen LogP contribution is -2.23. The maximum Gasteiger partial charge on any atom is 0.220 e. The molecule has 0 saturated heterocycles. The topological polar surface area (TPSA) is 56.2 Å². The fourth-order valence-electron chi connectivity index (χ4n) is 3.53. The largest absolute Gasteiger partial charge is 0.497 e. The third-order valence-electron chi connectivity index (χ3n) is 5.31. The van der Waals surface area contributed by atoms with Crippen LogP contribution in [0.15, 0.2) is 72.8 Å². The average molecular weight is 465 g/mol. The van der Waals surface area contributed by atoms with Gasteiger partial charge in [0.1, 0.15) is 11.6 Å². The highest BCUT2D eigenvalue weighted by Gasteiger charge is 2.14. The first-order chi connectivity index (χ1) is 16.4. The van der Waals surface area contributed by atoms with Crippen molar-refractivity contribution in [1.29, 1.82) is 0 Å². The van der Waals surface area contributed by atoms with E-state index in [0.717, 1.165) is 11.8 Å². The van der Waals surface area contributed by atoms with Crippen LogP contribution in [0.1, 0.15) is 17.7 Å².